The number of halogens is 5. The molecule has 0 spiro atoms. The van der Waals surface area contributed by atoms with E-state index in [9.17, 15) is 22.0 Å². The average Bonchev–Trinajstić information content (AvgIpc) is 2.35. The minimum Gasteiger partial charge on any atom is -0.487 e. The first kappa shape index (κ1) is 15.1. The summed E-state index contributed by atoms with van der Waals surface area (Å²) in [6.07, 6.45) is -4.50. The highest BCUT2D eigenvalue weighted by molar-refractivity contribution is 5.54. The molecular formula is C14H10F5NO. The Morgan fingerprint density at radius 1 is 0.952 bits per heavy atom. The third kappa shape index (κ3) is 3.84. The van der Waals surface area contributed by atoms with E-state index < -0.39 is 23.4 Å². The molecule has 2 aromatic carbocycles. The molecule has 0 bridgehead atoms. The number of benzene rings is 2. The van der Waals surface area contributed by atoms with Crippen molar-refractivity contribution in [2.45, 2.75) is 12.8 Å². The molecule has 2 N–H and O–H groups in total. The Morgan fingerprint density at radius 2 is 1.57 bits per heavy atom. The second-order valence-corrected chi connectivity index (χ2v) is 4.32. The second-order valence-electron chi connectivity index (χ2n) is 4.32. The van der Waals surface area contributed by atoms with Crippen molar-refractivity contribution in [1.29, 1.82) is 0 Å². The number of hydrogen-bond acceptors (Lipinski definition) is 2. The van der Waals surface area contributed by atoms with Crippen LogP contribution >= 0.6 is 0 Å². The summed E-state index contributed by atoms with van der Waals surface area (Å²) in [6.45, 7) is -0.218. The summed E-state index contributed by atoms with van der Waals surface area (Å²) in [6, 6.07) is 5.44. The van der Waals surface area contributed by atoms with E-state index in [0.29, 0.717) is 6.07 Å². The Morgan fingerprint density at radius 3 is 2.10 bits per heavy atom. The number of ether oxygens (including phenoxy) is 1. The van der Waals surface area contributed by atoms with Crippen molar-refractivity contribution in [2.75, 3.05) is 5.73 Å². The zero-order valence-electron chi connectivity index (χ0n) is 10.5. The van der Waals surface area contributed by atoms with Gasteiger partial charge in [0.05, 0.1) is 11.3 Å². The van der Waals surface area contributed by atoms with Crippen LogP contribution in [-0.4, -0.2) is 0 Å². The molecule has 0 unspecified atom stereocenters. The first-order valence-corrected chi connectivity index (χ1v) is 5.80. The fraction of sp³-hybridized carbons (Fsp3) is 0.143. The van der Waals surface area contributed by atoms with Crippen LogP contribution in [0.4, 0.5) is 27.6 Å². The number of rotatable bonds is 3. The minimum atomic E-state index is -4.50. The third-order valence-electron chi connectivity index (χ3n) is 2.65. The molecule has 7 heteroatoms. The van der Waals surface area contributed by atoms with Crippen molar-refractivity contribution in [1.82, 2.24) is 0 Å². The average molecular weight is 303 g/mol. The van der Waals surface area contributed by atoms with Gasteiger partial charge < -0.3 is 10.5 Å². The number of hydrogen-bond donors (Lipinski definition) is 1. The molecule has 0 heterocycles. The normalized spacial score (nSPS) is 11.5. The first-order chi connectivity index (χ1) is 9.75. The minimum absolute atomic E-state index is 0.00710. The van der Waals surface area contributed by atoms with Crippen molar-refractivity contribution < 1.29 is 26.7 Å². The maximum Gasteiger partial charge on any atom is 0.416 e. The smallest absolute Gasteiger partial charge is 0.416 e. The van der Waals surface area contributed by atoms with E-state index in [1.54, 1.807) is 0 Å². The number of nitrogens with two attached hydrogens (primary N) is 1. The highest BCUT2D eigenvalue weighted by atomic mass is 19.4. The fourth-order valence-electron chi connectivity index (χ4n) is 1.71. The number of alkyl halides is 3. The maximum atomic E-state index is 13.0. The Balaban J connectivity index is 2.13. The highest BCUT2D eigenvalue weighted by Gasteiger charge is 2.30. The standard InChI is InChI=1S/C14H10F5NO/c15-10-3-8(4-11(16)6-10)7-21-13-2-1-9(5-12(13)20)14(17,18)19/h1-6H,7,20H2. The highest BCUT2D eigenvalue weighted by Crippen LogP contribution is 2.33. The van der Waals surface area contributed by atoms with E-state index >= 15 is 0 Å². The zero-order chi connectivity index (χ0) is 15.6. The van der Waals surface area contributed by atoms with Crippen molar-refractivity contribution in [3.8, 4) is 5.75 Å². The number of nitrogen functional groups attached to an aromatic ring is 1. The number of anilines is 1. The zero-order valence-corrected chi connectivity index (χ0v) is 10.5. The van der Waals surface area contributed by atoms with E-state index in [-0.39, 0.29) is 23.6 Å². The van der Waals surface area contributed by atoms with Crippen LogP contribution in [0.2, 0.25) is 0 Å². The molecule has 112 valence electrons. The van der Waals surface area contributed by atoms with Gasteiger partial charge in [-0.25, -0.2) is 8.78 Å². The van der Waals surface area contributed by atoms with Gasteiger partial charge in [0.2, 0.25) is 0 Å². The van der Waals surface area contributed by atoms with E-state index in [1.165, 1.54) is 0 Å². The van der Waals surface area contributed by atoms with Gasteiger partial charge in [-0.3, -0.25) is 0 Å². The molecule has 0 aliphatic carbocycles. The van der Waals surface area contributed by atoms with Gasteiger partial charge in [-0.15, -0.1) is 0 Å². The molecule has 0 saturated heterocycles. The fourth-order valence-corrected chi connectivity index (χ4v) is 1.71. The summed E-state index contributed by atoms with van der Waals surface area (Å²) >= 11 is 0. The predicted octanol–water partition coefficient (Wildman–Crippen LogP) is 4.14. The summed E-state index contributed by atoms with van der Waals surface area (Å²) in [4.78, 5) is 0. The maximum absolute atomic E-state index is 13.0. The molecule has 21 heavy (non-hydrogen) atoms. The Kier molecular flexibility index (Phi) is 4.02. The summed E-state index contributed by atoms with van der Waals surface area (Å²) < 4.78 is 68.5. The predicted molar refractivity (Wildman–Crippen MR) is 66.5 cm³/mol. The van der Waals surface area contributed by atoms with E-state index in [2.05, 4.69) is 0 Å². The molecule has 0 saturated carbocycles. The molecule has 0 fully saturated rings. The van der Waals surface area contributed by atoms with Crippen molar-refractivity contribution >= 4 is 5.69 Å². The van der Waals surface area contributed by atoms with Gasteiger partial charge in [0.25, 0.3) is 0 Å². The summed E-state index contributed by atoms with van der Waals surface area (Å²) in [5.41, 5.74) is 4.56. The van der Waals surface area contributed by atoms with Gasteiger partial charge in [-0.05, 0) is 35.9 Å². The first-order valence-electron chi connectivity index (χ1n) is 5.80. The molecule has 2 aromatic rings. The third-order valence-corrected chi connectivity index (χ3v) is 2.65. The Bertz CT molecular complexity index is 634. The molecule has 0 aromatic heterocycles. The lowest BCUT2D eigenvalue weighted by Gasteiger charge is -2.12. The Labute approximate surface area is 116 Å². The van der Waals surface area contributed by atoms with Gasteiger partial charge >= 0.3 is 6.18 Å². The Hall–Kier alpha value is -2.31. The largest absolute Gasteiger partial charge is 0.487 e. The van der Waals surface area contributed by atoms with Crippen LogP contribution in [0.15, 0.2) is 36.4 Å². The summed E-state index contributed by atoms with van der Waals surface area (Å²) in [5, 5.41) is 0. The van der Waals surface area contributed by atoms with Gasteiger partial charge in [-0.2, -0.15) is 13.2 Å². The van der Waals surface area contributed by atoms with Crippen LogP contribution in [0.3, 0.4) is 0 Å². The van der Waals surface area contributed by atoms with E-state index in [0.717, 1.165) is 30.3 Å². The summed E-state index contributed by atoms with van der Waals surface area (Å²) in [5.74, 6) is -1.53. The molecule has 0 atom stereocenters. The van der Waals surface area contributed by atoms with Crippen molar-refractivity contribution in [3.05, 3.63) is 59.2 Å². The molecule has 0 radical (unpaired) electrons. The van der Waals surface area contributed by atoms with E-state index in [1.807, 2.05) is 0 Å². The SMILES string of the molecule is Nc1cc(C(F)(F)F)ccc1OCc1cc(F)cc(F)c1. The van der Waals surface area contributed by atoms with Crippen molar-refractivity contribution in [2.24, 2.45) is 0 Å². The molecular weight excluding hydrogens is 293 g/mol. The van der Waals surface area contributed by atoms with Crippen LogP contribution < -0.4 is 10.5 Å². The van der Waals surface area contributed by atoms with Crippen LogP contribution in [0.1, 0.15) is 11.1 Å². The van der Waals surface area contributed by atoms with Crippen LogP contribution in [0, 0.1) is 11.6 Å². The van der Waals surface area contributed by atoms with Gasteiger partial charge in [-0.1, -0.05) is 0 Å². The van der Waals surface area contributed by atoms with Crippen LogP contribution in [0.5, 0.6) is 5.75 Å². The summed E-state index contributed by atoms with van der Waals surface area (Å²) in [7, 11) is 0. The lowest BCUT2D eigenvalue weighted by atomic mass is 10.2. The van der Waals surface area contributed by atoms with Gasteiger partial charge in [0.1, 0.15) is 24.0 Å². The molecule has 0 amide bonds. The van der Waals surface area contributed by atoms with Gasteiger partial charge in [0, 0.05) is 6.07 Å². The lowest BCUT2D eigenvalue weighted by Crippen LogP contribution is -2.07. The van der Waals surface area contributed by atoms with E-state index in [4.69, 9.17) is 10.5 Å². The molecule has 2 rings (SSSR count). The molecule has 2 nitrogen and oxygen atoms in total. The molecule has 0 aliphatic rings. The molecule has 0 aliphatic heterocycles. The second kappa shape index (κ2) is 5.59. The topological polar surface area (TPSA) is 35.2 Å². The monoisotopic (exact) mass is 303 g/mol. The quantitative estimate of drug-likeness (QED) is 0.683. The lowest BCUT2D eigenvalue weighted by molar-refractivity contribution is -0.137. The van der Waals surface area contributed by atoms with Gasteiger partial charge in [0.15, 0.2) is 0 Å². The van der Waals surface area contributed by atoms with Crippen LogP contribution in [-0.2, 0) is 12.8 Å². The van der Waals surface area contributed by atoms with Crippen LogP contribution in [0.25, 0.3) is 0 Å². The van der Waals surface area contributed by atoms with Crippen molar-refractivity contribution in [3.63, 3.8) is 0 Å².